The molecule has 0 saturated carbocycles. The van der Waals surface area contributed by atoms with Crippen LogP contribution in [0.1, 0.15) is 0 Å². The molecule has 1 saturated heterocycles. The lowest BCUT2D eigenvalue weighted by atomic mass is 10.0. The van der Waals surface area contributed by atoms with Gasteiger partial charge in [0.15, 0.2) is 6.10 Å². The van der Waals surface area contributed by atoms with E-state index in [1.807, 2.05) is 0 Å². The van der Waals surface area contributed by atoms with Gasteiger partial charge in [0.05, 0.1) is 6.61 Å². The molecule has 4 nitrogen and oxygen atoms in total. The Bertz CT molecular complexity index is 160. The zero-order chi connectivity index (χ0) is 9.35. The van der Waals surface area contributed by atoms with Crippen molar-refractivity contribution in [2.45, 2.75) is 24.4 Å². The zero-order valence-corrected chi connectivity index (χ0v) is 6.41. The first-order valence-electron chi connectivity index (χ1n) is 3.38. The second-order valence-corrected chi connectivity index (χ2v) is 2.59. The van der Waals surface area contributed by atoms with Gasteiger partial charge in [-0.2, -0.15) is 8.78 Å². The van der Waals surface area contributed by atoms with Crippen molar-refractivity contribution in [3.05, 3.63) is 0 Å². The van der Waals surface area contributed by atoms with E-state index in [4.69, 9.17) is 10.2 Å². The van der Waals surface area contributed by atoms with Gasteiger partial charge >= 0.3 is 5.92 Å². The van der Waals surface area contributed by atoms with Gasteiger partial charge in [0, 0.05) is 7.11 Å². The number of aliphatic hydroxyl groups excluding tert-OH is 2. The van der Waals surface area contributed by atoms with Crippen LogP contribution in [-0.2, 0) is 9.47 Å². The van der Waals surface area contributed by atoms with Gasteiger partial charge in [-0.25, -0.2) is 0 Å². The van der Waals surface area contributed by atoms with Crippen LogP contribution in [-0.4, -0.2) is 48.4 Å². The second kappa shape index (κ2) is 3.21. The first-order valence-corrected chi connectivity index (χ1v) is 3.38. The van der Waals surface area contributed by atoms with E-state index in [2.05, 4.69) is 9.47 Å². The molecule has 0 bridgehead atoms. The molecule has 3 atom stereocenters. The molecule has 1 heterocycles. The van der Waals surface area contributed by atoms with Gasteiger partial charge in [0.25, 0.3) is 0 Å². The molecule has 0 aromatic rings. The van der Waals surface area contributed by atoms with Gasteiger partial charge in [0.1, 0.15) is 6.10 Å². The largest absolute Gasteiger partial charge is 0.388 e. The maximum absolute atomic E-state index is 12.9. The smallest absolute Gasteiger partial charge is 0.325 e. The van der Waals surface area contributed by atoms with Crippen LogP contribution in [0.5, 0.6) is 0 Å². The molecule has 1 aliphatic rings. The van der Waals surface area contributed by atoms with E-state index in [9.17, 15) is 8.78 Å². The van der Waals surface area contributed by atoms with Crippen LogP contribution in [0, 0.1) is 0 Å². The van der Waals surface area contributed by atoms with Crippen molar-refractivity contribution >= 4 is 0 Å². The number of hydrogen-bond acceptors (Lipinski definition) is 4. The van der Waals surface area contributed by atoms with Crippen molar-refractivity contribution < 1.29 is 28.5 Å². The van der Waals surface area contributed by atoms with E-state index in [1.165, 1.54) is 0 Å². The molecule has 0 aliphatic carbocycles. The van der Waals surface area contributed by atoms with E-state index >= 15 is 0 Å². The van der Waals surface area contributed by atoms with Crippen LogP contribution >= 0.6 is 0 Å². The van der Waals surface area contributed by atoms with Crippen molar-refractivity contribution in [2.24, 2.45) is 0 Å². The van der Waals surface area contributed by atoms with Crippen molar-refractivity contribution in [1.82, 2.24) is 0 Å². The van der Waals surface area contributed by atoms with E-state index in [0.717, 1.165) is 7.11 Å². The number of ether oxygens (including phenoxy) is 2. The summed E-state index contributed by atoms with van der Waals surface area (Å²) in [6, 6.07) is 0. The minimum atomic E-state index is -3.56. The molecule has 0 spiro atoms. The first kappa shape index (κ1) is 9.79. The molecule has 12 heavy (non-hydrogen) atoms. The number of rotatable bonds is 1. The third kappa shape index (κ3) is 1.42. The summed E-state index contributed by atoms with van der Waals surface area (Å²) in [5, 5.41) is 17.7. The van der Waals surface area contributed by atoms with Gasteiger partial charge < -0.3 is 19.7 Å². The van der Waals surface area contributed by atoms with Gasteiger partial charge in [0.2, 0.25) is 6.29 Å². The lowest BCUT2D eigenvalue weighted by Gasteiger charge is -2.36. The van der Waals surface area contributed by atoms with E-state index in [-0.39, 0.29) is 6.61 Å². The van der Waals surface area contributed by atoms with E-state index < -0.39 is 24.4 Å². The quantitative estimate of drug-likeness (QED) is 0.568. The molecule has 0 aromatic carbocycles. The average molecular weight is 184 g/mol. The Kier molecular flexibility index (Phi) is 2.62. The summed E-state index contributed by atoms with van der Waals surface area (Å²) in [7, 11) is 1.04. The number of hydrogen-bond donors (Lipinski definition) is 2. The van der Waals surface area contributed by atoms with Gasteiger partial charge in [-0.05, 0) is 0 Å². The fourth-order valence-corrected chi connectivity index (χ4v) is 1.01. The highest BCUT2D eigenvalue weighted by molar-refractivity contribution is 4.89. The van der Waals surface area contributed by atoms with E-state index in [1.54, 1.807) is 0 Å². The van der Waals surface area contributed by atoms with Crippen molar-refractivity contribution in [1.29, 1.82) is 0 Å². The number of alkyl halides is 2. The van der Waals surface area contributed by atoms with Crippen LogP contribution in [0.2, 0.25) is 0 Å². The van der Waals surface area contributed by atoms with Gasteiger partial charge in [-0.15, -0.1) is 0 Å². The Morgan fingerprint density at radius 2 is 2.08 bits per heavy atom. The highest BCUT2D eigenvalue weighted by Crippen LogP contribution is 2.31. The number of halogens is 2. The number of methoxy groups -OCH3 is 1. The fraction of sp³-hybridized carbons (Fsp3) is 1.00. The van der Waals surface area contributed by atoms with Crippen molar-refractivity contribution in [2.75, 3.05) is 13.7 Å². The summed E-state index contributed by atoms with van der Waals surface area (Å²) in [6.45, 7) is -0.352. The summed E-state index contributed by atoms with van der Waals surface area (Å²) in [5.41, 5.74) is 0. The summed E-state index contributed by atoms with van der Waals surface area (Å²) >= 11 is 0. The summed E-state index contributed by atoms with van der Waals surface area (Å²) in [6.07, 6.45) is -5.47. The third-order valence-corrected chi connectivity index (χ3v) is 1.71. The standard InChI is InChI=1S/C6H10F2O4/c1-11-5-6(7,8)4(10)3(9)2-12-5/h3-5,9-10H,2H2,1H3. The highest BCUT2D eigenvalue weighted by atomic mass is 19.3. The Morgan fingerprint density at radius 1 is 1.50 bits per heavy atom. The maximum atomic E-state index is 12.9. The molecule has 0 amide bonds. The maximum Gasteiger partial charge on any atom is 0.325 e. The molecular weight excluding hydrogens is 174 g/mol. The Labute approximate surface area is 67.7 Å². The highest BCUT2D eigenvalue weighted by Gasteiger charge is 2.54. The third-order valence-electron chi connectivity index (χ3n) is 1.71. The fourth-order valence-electron chi connectivity index (χ4n) is 1.01. The molecule has 2 N–H and O–H groups in total. The number of aliphatic hydroxyl groups is 2. The summed E-state index contributed by atoms with van der Waals surface area (Å²) < 4.78 is 34.4. The molecule has 72 valence electrons. The van der Waals surface area contributed by atoms with Gasteiger partial charge in [-0.3, -0.25) is 0 Å². The molecule has 1 rings (SSSR count). The van der Waals surface area contributed by atoms with Gasteiger partial charge in [-0.1, -0.05) is 0 Å². The van der Waals surface area contributed by atoms with Crippen molar-refractivity contribution in [3.8, 4) is 0 Å². The molecular formula is C6H10F2O4. The Balaban J connectivity index is 2.73. The SMILES string of the molecule is COC1OCC(O)C(O)C1(F)F. The van der Waals surface area contributed by atoms with Crippen LogP contribution in [0.3, 0.4) is 0 Å². The molecule has 1 fully saturated rings. The van der Waals surface area contributed by atoms with Crippen LogP contribution in [0.4, 0.5) is 8.78 Å². The average Bonchev–Trinajstić information content (AvgIpc) is 2.01. The predicted octanol–water partition coefficient (Wildman–Crippen LogP) is -0.654. The first-order chi connectivity index (χ1) is 5.50. The summed E-state index contributed by atoms with van der Waals surface area (Å²) in [4.78, 5) is 0. The van der Waals surface area contributed by atoms with Crippen LogP contribution in [0.15, 0.2) is 0 Å². The minimum absolute atomic E-state index is 0.352. The zero-order valence-electron chi connectivity index (χ0n) is 6.41. The Morgan fingerprint density at radius 3 is 2.58 bits per heavy atom. The predicted molar refractivity (Wildman–Crippen MR) is 33.7 cm³/mol. The molecule has 0 aromatic heterocycles. The lowest BCUT2D eigenvalue weighted by Crippen LogP contribution is -2.58. The topological polar surface area (TPSA) is 58.9 Å². The molecule has 3 unspecified atom stereocenters. The second-order valence-electron chi connectivity index (χ2n) is 2.59. The molecule has 6 heteroatoms. The Hall–Kier alpha value is -0.300. The molecule has 0 radical (unpaired) electrons. The van der Waals surface area contributed by atoms with Crippen LogP contribution in [0.25, 0.3) is 0 Å². The molecule has 1 aliphatic heterocycles. The summed E-state index contributed by atoms with van der Waals surface area (Å²) in [5.74, 6) is -3.56. The monoisotopic (exact) mass is 184 g/mol. The van der Waals surface area contributed by atoms with E-state index in [0.29, 0.717) is 0 Å². The minimum Gasteiger partial charge on any atom is -0.388 e. The lowest BCUT2D eigenvalue weighted by molar-refractivity contribution is -0.328. The normalized spacial score (nSPS) is 41.2. The van der Waals surface area contributed by atoms with Crippen molar-refractivity contribution in [3.63, 3.8) is 0 Å². The van der Waals surface area contributed by atoms with Crippen LogP contribution < -0.4 is 0 Å².